The van der Waals surface area contributed by atoms with Gasteiger partial charge in [-0.05, 0) is 37.6 Å². The molecule has 2 atom stereocenters. The van der Waals surface area contributed by atoms with Crippen LogP contribution in [-0.4, -0.2) is 37.7 Å². The number of Topliss-reactive ketones (excluding diaryl/α,β-unsaturated/α-hetero) is 1. The van der Waals surface area contributed by atoms with Crippen LogP contribution in [0.3, 0.4) is 0 Å². The number of carbonyl (C=O) groups is 2. The van der Waals surface area contributed by atoms with Crippen molar-refractivity contribution in [1.82, 2.24) is 10.6 Å². The highest BCUT2D eigenvalue weighted by atomic mass is 16.1. The Morgan fingerprint density at radius 1 is 1.40 bits per heavy atom. The van der Waals surface area contributed by atoms with E-state index in [-0.39, 0.29) is 11.7 Å². The largest absolute Gasteiger partial charge is 0.387 e. The van der Waals surface area contributed by atoms with E-state index in [0.29, 0.717) is 37.4 Å². The lowest BCUT2D eigenvalue weighted by Gasteiger charge is -2.27. The Bertz CT molecular complexity index is 466. The van der Waals surface area contributed by atoms with E-state index in [1.807, 2.05) is 6.92 Å². The van der Waals surface area contributed by atoms with Crippen molar-refractivity contribution in [3.8, 4) is 0 Å². The van der Waals surface area contributed by atoms with Crippen LogP contribution < -0.4 is 16.4 Å². The van der Waals surface area contributed by atoms with Gasteiger partial charge in [-0.3, -0.25) is 9.59 Å². The Balaban J connectivity index is 2.52. The Morgan fingerprint density at radius 3 is 2.68 bits per heavy atom. The summed E-state index contributed by atoms with van der Waals surface area (Å²) in [6, 6.07) is 0.419. The number of rotatable bonds is 11. The maximum Gasteiger partial charge on any atom is 0.147 e. The summed E-state index contributed by atoms with van der Waals surface area (Å²) in [6.07, 6.45) is 6.05. The smallest absolute Gasteiger partial charge is 0.147 e. The first-order valence-electron chi connectivity index (χ1n) is 9.68. The van der Waals surface area contributed by atoms with Crippen molar-refractivity contribution in [2.75, 3.05) is 19.6 Å². The summed E-state index contributed by atoms with van der Waals surface area (Å²) in [4.78, 5) is 23.3. The molecule has 5 heteroatoms. The van der Waals surface area contributed by atoms with Gasteiger partial charge in [-0.25, -0.2) is 0 Å². The van der Waals surface area contributed by atoms with E-state index >= 15 is 0 Å². The van der Waals surface area contributed by atoms with Gasteiger partial charge in [0.1, 0.15) is 12.1 Å². The van der Waals surface area contributed by atoms with Crippen molar-refractivity contribution in [3.05, 3.63) is 11.3 Å². The zero-order valence-corrected chi connectivity index (χ0v) is 16.5. The zero-order valence-electron chi connectivity index (χ0n) is 16.5. The van der Waals surface area contributed by atoms with E-state index < -0.39 is 0 Å². The molecule has 0 fully saturated rings. The number of ketones is 1. The first-order chi connectivity index (χ1) is 11.8. The zero-order chi connectivity index (χ0) is 18.9. The molecule has 0 radical (unpaired) electrons. The lowest BCUT2D eigenvalue weighted by atomic mass is 9.88. The quantitative estimate of drug-likeness (QED) is 0.498. The molecule has 4 N–H and O–H groups in total. The number of carbonyl (C=O) groups excluding carboxylic acids is 2. The van der Waals surface area contributed by atoms with Gasteiger partial charge in [-0.1, -0.05) is 27.7 Å². The number of aldehydes is 1. The van der Waals surface area contributed by atoms with Crippen molar-refractivity contribution in [3.63, 3.8) is 0 Å². The summed E-state index contributed by atoms with van der Waals surface area (Å²) in [7, 11) is 0. The molecule has 5 nitrogen and oxygen atoms in total. The van der Waals surface area contributed by atoms with Crippen molar-refractivity contribution in [2.24, 2.45) is 17.1 Å². The molecule has 1 unspecified atom stereocenters. The SMILES string of the molecule is CCC(=O)[C@@H]1CNC(CCNC(CCN)CCC(C)(C)C)=C(C=O)C1. The van der Waals surface area contributed by atoms with Crippen LogP contribution in [0.1, 0.15) is 66.2 Å². The van der Waals surface area contributed by atoms with Gasteiger partial charge in [0.15, 0.2) is 0 Å². The van der Waals surface area contributed by atoms with Crippen LogP contribution in [0.2, 0.25) is 0 Å². The monoisotopic (exact) mass is 351 g/mol. The molecular formula is C20H37N3O2. The normalized spacial score (nSPS) is 19.5. The van der Waals surface area contributed by atoms with Crippen molar-refractivity contribution >= 4 is 12.1 Å². The fourth-order valence-corrected chi connectivity index (χ4v) is 3.26. The summed E-state index contributed by atoms with van der Waals surface area (Å²) in [5, 5.41) is 6.90. The first-order valence-corrected chi connectivity index (χ1v) is 9.68. The third-order valence-corrected chi connectivity index (χ3v) is 4.93. The van der Waals surface area contributed by atoms with Gasteiger partial charge in [0.05, 0.1) is 0 Å². The van der Waals surface area contributed by atoms with E-state index in [4.69, 9.17) is 5.73 Å². The van der Waals surface area contributed by atoms with Gasteiger partial charge >= 0.3 is 0 Å². The lowest BCUT2D eigenvalue weighted by molar-refractivity contribution is -0.122. The second-order valence-corrected chi connectivity index (χ2v) is 8.30. The molecule has 0 amide bonds. The van der Waals surface area contributed by atoms with Crippen LogP contribution in [0.25, 0.3) is 0 Å². The van der Waals surface area contributed by atoms with Gasteiger partial charge in [-0.15, -0.1) is 0 Å². The number of nitrogens with one attached hydrogen (secondary N) is 2. The third-order valence-electron chi connectivity index (χ3n) is 4.93. The van der Waals surface area contributed by atoms with Crippen LogP contribution >= 0.6 is 0 Å². The third kappa shape index (κ3) is 8.15. The number of hydrogen-bond acceptors (Lipinski definition) is 5. The summed E-state index contributed by atoms with van der Waals surface area (Å²) < 4.78 is 0. The summed E-state index contributed by atoms with van der Waals surface area (Å²) in [5.41, 5.74) is 7.82. The van der Waals surface area contributed by atoms with Gasteiger partial charge in [0.2, 0.25) is 0 Å². The lowest BCUT2D eigenvalue weighted by Crippen LogP contribution is -2.37. The second-order valence-electron chi connectivity index (χ2n) is 8.30. The average molecular weight is 352 g/mol. The van der Waals surface area contributed by atoms with Gasteiger partial charge in [0, 0.05) is 49.2 Å². The van der Waals surface area contributed by atoms with Crippen LogP contribution in [0.15, 0.2) is 11.3 Å². The van der Waals surface area contributed by atoms with E-state index in [2.05, 4.69) is 31.4 Å². The fraction of sp³-hybridized carbons (Fsp3) is 0.800. The highest BCUT2D eigenvalue weighted by Gasteiger charge is 2.24. The highest BCUT2D eigenvalue weighted by Crippen LogP contribution is 2.23. The molecule has 0 bridgehead atoms. The Morgan fingerprint density at radius 2 is 2.12 bits per heavy atom. The topological polar surface area (TPSA) is 84.2 Å². The maximum atomic E-state index is 11.9. The Kier molecular flexibility index (Phi) is 9.36. The molecule has 0 aliphatic carbocycles. The minimum Gasteiger partial charge on any atom is -0.387 e. The number of allylic oxidation sites excluding steroid dienone is 1. The minimum atomic E-state index is -0.0568. The molecule has 0 saturated carbocycles. The molecule has 0 saturated heterocycles. The van der Waals surface area contributed by atoms with E-state index in [9.17, 15) is 9.59 Å². The molecular weight excluding hydrogens is 314 g/mol. The van der Waals surface area contributed by atoms with E-state index in [1.54, 1.807) is 0 Å². The van der Waals surface area contributed by atoms with Gasteiger partial charge in [-0.2, -0.15) is 0 Å². The second kappa shape index (κ2) is 10.7. The number of nitrogens with two attached hydrogens (primary N) is 1. The molecule has 1 rings (SSSR count). The predicted molar refractivity (Wildman–Crippen MR) is 103 cm³/mol. The van der Waals surface area contributed by atoms with Crippen molar-refractivity contribution < 1.29 is 9.59 Å². The standard InChI is InChI=1S/C20H37N3O2/c1-5-19(25)15-12-16(14-24)18(23-13-15)8-11-22-17(7-10-21)6-9-20(2,3)4/h14-15,17,22-23H,5-13,21H2,1-4H3/t15-,17?/m0/s1. The van der Waals surface area contributed by atoms with Crippen LogP contribution in [0.4, 0.5) is 0 Å². The first kappa shape index (κ1) is 21.8. The van der Waals surface area contributed by atoms with Crippen LogP contribution in [0, 0.1) is 11.3 Å². The van der Waals surface area contributed by atoms with E-state index in [0.717, 1.165) is 49.8 Å². The summed E-state index contributed by atoms with van der Waals surface area (Å²) in [6.45, 7) is 10.8. The molecule has 1 aliphatic rings. The molecule has 1 heterocycles. The molecule has 0 aromatic rings. The highest BCUT2D eigenvalue weighted by molar-refractivity contribution is 5.84. The predicted octanol–water partition coefficient (Wildman–Crippen LogP) is 2.55. The summed E-state index contributed by atoms with van der Waals surface area (Å²) in [5.74, 6) is 0.174. The maximum absolute atomic E-state index is 11.9. The van der Waals surface area contributed by atoms with Gasteiger partial charge in [0.25, 0.3) is 0 Å². The molecule has 0 aromatic carbocycles. The molecule has 144 valence electrons. The molecule has 0 aromatic heterocycles. The van der Waals surface area contributed by atoms with Crippen molar-refractivity contribution in [1.29, 1.82) is 0 Å². The molecule has 1 aliphatic heterocycles. The molecule has 25 heavy (non-hydrogen) atoms. The Hall–Kier alpha value is -1.20. The van der Waals surface area contributed by atoms with Crippen molar-refractivity contribution in [2.45, 2.75) is 72.3 Å². The Labute approximate surface area is 153 Å². The summed E-state index contributed by atoms with van der Waals surface area (Å²) >= 11 is 0. The number of hydrogen-bond donors (Lipinski definition) is 3. The van der Waals surface area contributed by atoms with Crippen LogP contribution in [-0.2, 0) is 9.59 Å². The average Bonchev–Trinajstić information content (AvgIpc) is 2.58. The van der Waals surface area contributed by atoms with Gasteiger partial charge < -0.3 is 16.4 Å². The minimum absolute atomic E-state index is 0.0568. The fourth-order valence-electron chi connectivity index (χ4n) is 3.26. The molecule has 0 spiro atoms. The van der Waals surface area contributed by atoms with E-state index in [1.165, 1.54) is 0 Å². The van der Waals surface area contributed by atoms with Crippen LogP contribution in [0.5, 0.6) is 0 Å².